The molecule has 2 aromatic rings. The van der Waals surface area contributed by atoms with Gasteiger partial charge in [-0.1, -0.05) is 19.9 Å². The number of aromatic nitrogens is 3. The first-order valence-corrected chi connectivity index (χ1v) is 6.71. The lowest BCUT2D eigenvalue weighted by Gasteiger charge is -2.09. The smallest absolute Gasteiger partial charge is 0.249 e. The van der Waals surface area contributed by atoms with Gasteiger partial charge in [0.15, 0.2) is 5.82 Å². The molecule has 0 radical (unpaired) electrons. The first-order valence-electron chi connectivity index (χ1n) is 6.71. The molecule has 0 aliphatic rings. The number of hydrogen-bond acceptors (Lipinski definition) is 5. The zero-order valence-corrected chi connectivity index (χ0v) is 11.9. The van der Waals surface area contributed by atoms with Crippen LogP contribution in [-0.4, -0.2) is 21.7 Å². The number of para-hydroxylation sites is 1. The summed E-state index contributed by atoms with van der Waals surface area (Å²) in [7, 11) is 0. The lowest BCUT2D eigenvalue weighted by molar-refractivity contribution is 0.590. The summed E-state index contributed by atoms with van der Waals surface area (Å²) in [5.74, 6) is -0.315. The minimum absolute atomic E-state index is 0.0357. The third-order valence-electron chi connectivity index (χ3n) is 2.79. The molecule has 0 aliphatic heterocycles. The van der Waals surface area contributed by atoms with Gasteiger partial charge in [0.25, 0.3) is 0 Å². The summed E-state index contributed by atoms with van der Waals surface area (Å²) in [5, 5.41) is 13.1. The molecular weight excluding hydrogens is 276 g/mol. The number of nitrogens with zero attached hydrogens (tertiary/aromatic N) is 3. The molecular formula is C14H17F2N5. The fourth-order valence-electron chi connectivity index (χ4n) is 1.66. The third kappa shape index (κ3) is 4.34. The minimum Gasteiger partial charge on any atom is -0.369 e. The van der Waals surface area contributed by atoms with E-state index in [1.165, 1.54) is 12.3 Å². The van der Waals surface area contributed by atoms with E-state index >= 15 is 0 Å². The van der Waals surface area contributed by atoms with Crippen molar-refractivity contribution < 1.29 is 8.78 Å². The maximum Gasteiger partial charge on any atom is 0.249 e. The number of rotatable bonds is 6. The van der Waals surface area contributed by atoms with Crippen molar-refractivity contribution in [3.63, 3.8) is 0 Å². The van der Waals surface area contributed by atoms with Gasteiger partial charge < -0.3 is 10.6 Å². The zero-order valence-electron chi connectivity index (χ0n) is 11.9. The fraction of sp³-hybridized carbons (Fsp3) is 0.357. The van der Waals surface area contributed by atoms with E-state index in [-0.39, 0.29) is 11.6 Å². The summed E-state index contributed by atoms with van der Waals surface area (Å²) in [5.41, 5.74) is -0.293. The van der Waals surface area contributed by atoms with E-state index < -0.39 is 11.6 Å². The molecule has 2 rings (SSSR count). The molecule has 112 valence electrons. The standard InChI is InChI=1S/C14H17F2N5/c1-9(2)6-7-17-12-8-18-21-14(19-12)20-13-10(15)4-3-5-11(13)16/h3-5,8-9H,6-7H2,1-2H3,(H2,17,19,20,21). The average molecular weight is 293 g/mol. The number of hydrogen-bond donors (Lipinski definition) is 2. The van der Waals surface area contributed by atoms with Gasteiger partial charge in [-0.05, 0) is 24.5 Å². The van der Waals surface area contributed by atoms with Crippen LogP contribution in [0.1, 0.15) is 20.3 Å². The molecule has 1 aromatic heterocycles. The molecule has 0 bridgehead atoms. The van der Waals surface area contributed by atoms with Crippen molar-refractivity contribution in [1.29, 1.82) is 0 Å². The summed E-state index contributed by atoms with van der Waals surface area (Å²) >= 11 is 0. The summed E-state index contributed by atoms with van der Waals surface area (Å²) in [4.78, 5) is 4.12. The van der Waals surface area contributed by atoms with Gasteiger partial charge in [-0.15, -0.1) is 5.10 Å². The highest BCUT2D eigenvalue weighted by atomic mass is 19.1. The van der Waals surface area contributed by atoms with Gasteiger partial charge in [-0.3, -0.25) is 0 Å². The maximum atomic E-state index is 13.5. The van der Waals surface area contributed by atoms with Crippen LogP contribution in [0.4, 0.5) is 26.2 Å². The van der Waals surface area contributed by atoms with Crippen LogP contribution in [0.5, 0.6) is 0 Å². The van der Waals surface area contributed by atoms with E-state index in [9.17, 15) is 8.78 Å². The Morgan fingerprint density at radius 3 is 2.57 bits per heavy atom. The highest BCUT2D eigenvalue weighted by molar-refractivity contribution is 5.55. The maximum absolute atomic E-state index is 13.5. The molecule has 0 spiro atoms. The number of halogens is 2. The molecule has 0 saturated heterocycles. The molecule has 0 amide bonds. The molecule has 0 unspecified atom stereocenters. The second-order valence-electron chi connectivity index (χ2n) is 5.00. The van der Waals surface area contributed by atoms with Crippen molar-refractivity contribution >= 4 is 17.5 Å². The first kappa shape index (κ1) is 15.1. The van der Waals surface area contributed by atoms with Crippen LogP contribution in [0.25, 0.3) is 0 Å². The number of anilines is 3. The SMILES string of the molecule is CC(C)CCNc1cnnc(Nc2c(F)cccc2F)n1. The normalized spacial score (nSPS) is 10.7. The van der Waals surface area contributed by atoms with Crippen LogP contribution < -0.4 is 10.6 Å². The quantitative estimate of drug-likeness (QED) is 0.855. The van der Waals surface area contributed by atoms with Gasteiger partial charge in [-0.25, -0.2) is 8.78 Å². The van der Waals surface area contributed by atoms with Crippen molar-refractivity contribution in [3.8, 4) is 0 Å². The molecule has 1 heterocycles. The molecule has 1 aromatic carbocycles. The molecule has 21 heavy (non-hydrogen) atoms. The third-order valence-corrected chi connectivity index (χ3v) is 2.79. The van der Waals surface area contributed by atoms with Gasteiger partial charge in [0.05, 0.1) is 6.20 Å². The fourth-order valence-corrected chi connectivity index (χ4v) is 1.66. The highest BCUT2D eigenvalue weighted by Crippen LogP contribution is 2.21. The van der Waals surface area contributed by atoms with Crippen molar-refractivity contribution in [1.82, 2.24) is 15.2 Å². The molecule has 5 nitrogen and oxygen atoms in total. The van der Waals surface area contributed by atoms with Crippen molar-refractivity contribution in [2.75, 3.05) is 17.2 Å². The van der Waals surface area contributed by atoms with Gasteiger partial charge in [-0.2, -0.15) is 10.1 Å². The van der Waals surface area contributed by atoms with Crippen molar-refractivity contribution in [2.45, 2.75) is 20.3 Å². The predicted octanol–water partition coefficient (Wildman–Crippen LogP) is 3.35. The van der Waals surface area contributed by atoms with Gasteiger partial charge in [0, 0.05) is 6.54 Å². The second kappa shape index (κ2) is 6.92. The van der Waals surface area contributed by atoms with E-state index in [1.54, 1.807) is 0 Å². The molecule has 0 atom stereocenters. The van der Waals surface area contributed by atoms with Crippen LogP contribution in [0.15, 0.2) is 24.4 Å². The second-order valence-corrected chi connectivity index (χ2v) is 5.00. The van der Waals surface area contributed by atoms with Crippen LogP contribution in [0.3, 0.4) is 0 Å². The first-order chi connectivity index (χ1) is 10.1. The number of nitrogens with one attached hydrogen (secondary N) is 2. The Morgan fingerprint density at radius 2 is 1.90 bits per heavy atom. The van der Waals surface area contributed by atoms with E-state index in [2.05, 4.69) is 39.7 Å². The van der Waals surface area contributed by atoms with Crippen LogP contribution in [0.2, 0.25) is 0 Å². The Labute approximate surface area is 121 Å². The van der Waals surface area contributed by atoms with E-state index in [0.29, 0.717) is 11.7 Å². The van der Waals surface area contributed by atoms with Crippen molar-refractivity contribution in [2.24, 2.45) is 5.92 Å². The van der Waals surface area contributed by atoms with Gasteiger partial charge in [0.1, 0.15) is 17.3 Å². The summed E-state index contributed by atoms with van der Waals surface area (Å²) < 4.78 is 27.1. The Balaban J connectivity index is 2.07. The summed E-state index contributed by atoms with van der Waals surface area (Å²) in [6.07, 6.45) is 2.44. The lowest BCUT2D eigenvalue weighted by atomic mass is 10.1. The van der Waals surface area contributed by atoms with Crippen LogP contribution in [-0.2, 0) is 0 Å². The zero-order chi connectivity index (χ0) is 15.2. The lowest BCUT2D eigenvalue weighted by Crippen LogP contribution is -2.09. The Kier molecular flexibility index (Phi) is 4.97. The summed E-state index contributed by atoms with van der Waals surface area (Å²) in [6, 6.07) is 3.60. The van der Waals surface area contributed by atoms with Crippen LogP contribution in [0, 0.1) is 17.6 Å². The minimum atomic E-state index is -0.711. The van der Waals surface area contributed by atoms with E-state index in [1.807, 2.05) is 0 Å². The Hall–Kier alpha value is -2.31. The largest absolute Gasteiger partial charge is 0.369 e. The molecule has 0 fully saturated rings. The van der Waals surface area contributed by atoms with E-state index in [4.69, 9.17) is 0 Å². The molecule has 0 saturated carbocycles. The molecule has 7 heteroatoms. The average Bonchev–Trinajstić information content (AvgIpc) is 2.43. The van der Waals surface area contributed by atoms with E-state index in [0.717, 1.165) is 25.1 Å². The predicted molar refractivity (Wildman–Crippen MR) is 77.4 cm³/mol. The van der Waals surface area contributed by atoms with Gasteiger partial charge >= 0.3 is 0 Å². The highest BCUT2D eigenvalue weighted by Gasteiger charge is 2.10. The topological polar surface area (TPSA) is 62.7 Å². The van der Waals surface area contributed by atoms with Crippen molar-refractivity contribution in [3.05, 3.63) is 36.0 Å². The van der Waals surface area contributed by atoms with Crippen LogP contribution >= 0.6 is 0 Å². The Morgan fingerprint density at radius 1 is 1.19 bits per heavy atom. The molecule has 0 aliphatic carbocycles. The monoisotopic (exact) mass is 293 g/mol. The molecule has 2 N–H and O–H groups in total. The van der Waals surface area contributed by atoms with Gasteiger partial charge in [0.2, 0.25) is 5.95 Å². The Bertz CT molecular complexity index is 583. The summed E-state index contributed by atoms with van der Waals surface area (Å²) in [6.45, 7) is 4.98. The number of benzene rings is 1.